The first-order chi connectivity index (χ1) is 11.0. The van der Waals surface area contributed by atoms with Crippen molar-refractivity contribution in [2.75, 3.05) is 26.2 Å². The van der Waals surface area contributed by atoms with Crippen molar-refractivity contribution in [2.45, 2.75) is 52.1 Å². The number of nitrogens with one attached hydrogen (secondary N) is 2. The highest BCUT2D eigenvalue weighted by Crippen LogP contribution is 2.25. The van der Waals surface area contributed by atoms with E-state index in [1.807, 2.05) is 0 Å². The topological polar surface area (TPSA) is 39.7 Å². The SMILES string of the molecule is CCNC(=NCC(c1ccccc1)N1CCCC1)NC(C)(C)C.I. The van der Waals surface area contributed by atoms with Gasteiger partial charge in [0.2, 0.25) is 0 Å². The Bertz CT molecular complexity index is 490. The van der Waals surface area contributed by atoms with Crippen LogP contribution in [0.1, 0.15) is 52.1 Å². The number of likely N-dealkylation sites (tertiary alicyclic amines) is 1. The van der Waals surface area contributed by atoms with Gasteiger partial charge in [0.1, 0.15) is 0 Å². The zero-order valence-corrected chi connectivity index (χ0v) is 17.8. The summed E-state index contributed by atoms with van der Waals surface area (Å²) in [6, 6.07) is 11.2. The Morgan fingerprint density at radius 1 is 1.17 bits per heavy atom. The van der Waals surface area contributed by atoms with Gasteiger partial charge in [-0.25, -0.2) is 0 Å². The van der Waals surface area contributed by atoms with Crippen LogP contribution in [0, 0.1) is 0 Å². The summed E-state index contributed by atoms with van der Waals surface area (Å²) >= 11 is 0. The molecule has 1 aliphatic rings. The van der Waals surface area contributed by atoms with Gasteiger partial charge in [-0.1, -0.05) is 30.3 Å². The molecule has 1 aromatic rings. The molecule has 24 heavy (non-hydrogen) atoms. The lowest BCUT2D eigenvalue weighted by atomic mass is 10.1. The molecular weight excluding hydrogens is 411 g/mol. The van der Waals surface area contributed by atoms with Gasteiger partial charge in [0.15, 0.2) is 5.96 Å². The molecule has 1 aliphatic heterocycles. The Labute approximate surface area is 164 Å². The van der Waals surface area contributed by atoms with Crippen molar-refractivity contribution < 1.29 is 0 Å². The molecule has 0 bridgehead atoms. The zero-order chi connectivity index (χ0) is 16.7. The molecule has 5 heteroatoms. The third-order valence-electron chi connectivity index (χ3n) is 4.03. The van der Waals surface area contributed by atoms with Crippen LogP contribution < -0.4 is 10.6 Å². The lowest BCUT2D eigenvalue weighted by Crippen LogP contribution is -2.48. The molecule has 0 amide bonds. The van der Waals surface area contributed by atoms with Gasteiger partial charge in [0.25, 0.3) is 0 Å². The van der Waals surface area contributed by atoms with E-state index in [9.17, 15) is 0 Å². The Hall–Kier alpha value is -0.820. The summed E-state index contributed by atoms with van der Waals surface area (Å²) < 4.78 is 0. The van der Waals surface area contributed by atoms with Gasteiger partial charge < -0.3 is 10.6 Å². The molecule has 1 unspecified atom stereocenters. The monoisotopic (exact) mass is 444 g/mol. The predicted molar refractivity (Wildman–Crippen MR) is 114 cm³/mol. The highest BCUT2D eigenvalue weighted by atomic mass is 127. The highest BCUT2D eigenvalue weighted by Gasteiger charge is 2.23. The molecule has 1 atom stereocenters. The van der Waals surface area contributed by atoms with Crippen LogP contribution in [-0.4, -0.2) is 42.6 Å². The average Bonchev–Trinajstić information content (AvgIpc) is 3.01. The number of halogens is 1. The van der Waals surface area contributed by atoms with E-state index < -0.39 is 0 Å². The highest BCUT2D eigenvalue weighted by molar-refractivity contribution is 14.0. The number of aliphatic imine (C=N–C) groups is 1. The molecule has 136 valence electrons. The predicted octanol–water partition coefficient (Wildman–Crippen LogP) is 3.80. The molecule has 1 fully saturated rings. The fourth-order valence-electron chi connectivity index (χ4n) is 3.00. The number of nitrogens with zero attached hydrogens (tertiary/aromatic N) is 2. The van der Waals surface area contributed by atoms with Crippen LogP contribution in [0.5, 0.6) is 0 Å². The summed E-state index contributed by atoms with van der Waals surface area (Å²) in [4.78, 5) is 7.44. The fourth-order valence-corrected chi connectivity index (χ4v) is 3.00. The quantitative estimate of drug-likeness (QED) is 0.413. The van der Waals surface area contributed by atoms with Crippen LogP contribution >= 0.6 is 24.0 Å². The van der Waals surface area contributed by atoms with E-state index in [1.165, 1.54) is 31.5 Å². The number of hydrogen-bond acceptors (Lipinski definition) is 2. The average molecular weight is 444 g/mol. The smallest absolute Gasteiger partial charge is 0.191 e. The van der Waals surface area contributed by atoms with Gasteiger partial charge in [-0.2, -0.15) is 0 Å². The van der Waals surface area contributed by atoms with E-state index in [2.05, 4.69) is 73.6 Å². The second-order valence-electron chi connectivity index (χ2n) is 7.26. The van der Waals surface area contributed by atoms with Crippen molar-refractivity contribution in [1.82, 2.24) is 15.5 Å². The summed E-state index contributed by atoms with van der Waals surface area (Å²) in [5.41, 5.74) is 1.38. The van der Waals surface area contributed by atoms with E-state index in [0.29, 0.717) is 6.04 Å². The molecule has 4 nitrogen and oxygen atoms in total. The van der Waals surface area contributed by atoms with Gasteiger partial charge in [-0.3, -0.25) is 9.89 Å². The maximum atomic E-state index is 4.87. The van der Waals surface area contributed by atoms with Crippen LogP contribution in [0.15, 0.2) is 35.3 Å². The first-order valence-electron chi connectivity index (χ1n) is 8.85. The summed E-state index contributed by atoms with van der Waals surface area (Å²) in [6.07, 6.45) is 2.60. The molecule has 2 rings (SSSR count). The first-order valence-corrected chi connectivity index (χ1v) is 8.85. The second-order valence-corrected chi connectivity index (χ2v) is 7.26. The van der Waals surface area contributed by atoms with Gasteiger partial charge in [-0.05, 0) is 59.2 Å². The minimum Gasteiger partial charge on any atom is -0.357 e. The third kappa shape index (κ3) is 6.97. The Morgan fingerprint density at radius 2 is 1.79 bits per heavy atom. The van der Waals surface area contributed by atoms with Crippen molar-refractivity contribution >= 4 is 29.9 Å². The van der Waals surface area contributed by atoms with E-state index in [0.717, 1.165) is 19.0 Å². The molecule has 0 aliphatic carbocycles. The summed E-state index contributed by atoms with van der Waals surface area (Å²) in [5.74, 6) is 0.903. The van der Waals surface area contributed by atoms with Crippen molar-refractivity contribution in [3.05, 3.63) is 35.9 Å². The van der Waals surface area contributed by atoms with Gasteiger partial charge in [0, 0.05) is 12.1 Å². The molecule has 1 heterocycles. The fraction of sp³-hybridized carbons (Fsp3) is 0.632. The van der Waals surface area contributed by atoms with Crippen molar-refractivity contribution in [2.24, 2.45) is 4.99 Å². The Kier molecular flexibility index (Phi) is 9.05. The van der Waals surface area contributed by atoms with E-state index >= 15 is 0 Å². The summed E-state index contributed by atoms with van der Waals surface area (Å²) in [5, 5.41) is 6.83. The normalized spacial score (nSPS) is 17.2. The van der Waals surface area contributed by atoms with Crippen LogP contribution in [0.3, 0.4) is 0 Å². The lowest BCUT2D eigenvalue weighted by Gasteiger charge is -2.28. The Morgan fingerprint density at radius 3 is 2.33 bits per heavy atom. The minimum atomic E-state index is 0. The third-order valence-corrected chi connectivity index (χ3v) is 4.03. The standard InChI is InChI=1S/C19H32N4.HI/c1-5-20-18(22-19(2,3)4)21-15-17(23-13-9-10-14-23)16-11-7-6-8-12-16;/h6-8,11-12,17H,5,9-10,13-15H2,1-4H3,(H2,20,21,22);1H. The number of benzene rings is 1. The molecule has 0 radical (unpaired) electrons. The van der Waals surface area contributed by atoms with E-state index in [4.69, 9.17) is 4.99 Å². The largest absolute Gasteiger partial charge is 0.357 e. The van der Waals surface area contributed by atoms with Crippen LogP contribution in [-0.2, 0) is 0 Å². The zero-order valence-electron chi connectivity index (χ0n) is 15.5. The number of hydrogen-bond donors (Lipinski definition) is 2. The molecule has 0 saturated carbocycles. The van der Waals surface area contributed by atoms with Crippen LogP contribution in [0.25, 0.3) is 0 Å². The summed E-state index contributed by atoms with van der Waals surface area (Å²) in [6.45, 7) is 12.6. The number of rotatable bonds is 5. The van der Waals surface area contributed by atoms with E-state index in [1.54, 1.807) is 0 Å². The lowest BCUT2D eigenvalue weighted by molar-refractivity contribution is 0.251. The molecule has 1 saturated heterocycles. The molecule has 0 spiro atoms. The summed E-state index contributed by atoms with van der Waals surface area (Å²) in [7, 11) is 0. The number of guanidine groups is 1. The maximum Gasteiger partial charge on any atom is 0.191 e. The van der Waals surface area contributed by atoms with Gasteiger partial charge in [-0.15, -0.1) is 24.0 Å². The maximum absolute atomic E-state index is 4.87. The van der Waals surface area contributed by atoms with Crippen molar-refractivity contribution in [3.8, 4) is 0 Å². The van der Waals surface area contributed by atoms with Gasteiger partial charge >= 0.3 is 0 Å². The van der Waals surface area contributed by atoms with Crippen molar-refractivity contribution in [1.29, 1.82) is 0 Å². The van der Waals surface area contributed by atoms with Crippen LogP contribution in [0.4, 0.5) is 0 Å². The van der Waals surface area contributed by atoms with Gasteiger partial charge in [0.05, 0.1) is 12.6 Å². The molecule has 1 aromatic carbocycles. The molecule has 2 N–H and O–H groups in total. The minimum absolute atomic E-state index is 0. The molecule has 0 aromatic heterocycles. The van der Waals surface area contributed by atoms with Crippen LogP contribution in [0.2, 0.25) is 0 Å². The first kappa shape index (κ1) is 21.2. The van der Waals surface area contributed by atoms with Crippen molar-refractivity contribution in [3.63, 3.8) is 0 Å². The Balaban J connectivity index is 0.00000288. The molecular formula is C19H33IN4. The van der Waals surface area contributed by atoms with E-state index in [-0.39, 0.29) is 29.5 Å². The second kappa shape index (κ2) is 10.2.